The van der Waals surface area contributed by atoms with Crippen molar-refractivity contribution in [2.24, 2.45) is 0 Å². The first-order valence-electron chi connectivity index (χ1n) is 4.23. The van der Waals surface area contributed by atoms with Crippen molar-refractivity contribution in [3.63, 3.8) is 0 Å². The number of aromatic nitrogens is 1. The second-order valence-corrected chi connectivity index (χ2v) is 2.82. The van der Waals surface area contributed by atoms with Crippen LogP contribution in [0.3, 0.4) is 0 Å². The molecular formula is C10H10N2O2. The summed E-state index contributed by atoms with van der Waals surface area (Å²) in [5, 5.41) is 3.55. The van der Waals surface area contributed by atoms with Gasteiger partial charge < -0.3 is 15.0 Å². The average Bonchev–Trinajstić information content (AvgIpc) is 2.63. The van der Waals surface area contributed by atoms with Crippen molar-refractivity contribution < 1.29 is 9.26 Å². The van der Waals surface area contributed by atoms with Gasteiger partial charge in [-0.2, -0.15) is 0 Å². The molecule has 0 amide bonds. The Morgan fingerprint density at radius 3 is 2.71 bits per heavy atom. The zero-order chi connectivity index (χ0) is 9.80. The van der Waals surface area contributed by atoms with Crippen LogP contribution in [0.15, 0.2) is 41.1 Å². The van der Waals surface area contributed by atoms with E-state index >= 15 is 0 Å². The maximum atomic E-state index is 5.50. The Balaban J connectivity index is 1.99. The van der Waals surface area contributed by atoms with Crippen molar-refractivity contribution in [1.29, 1.82) is 0 Å². The number of nitrogen functional groups attached to an aromatic ring is 1. The van der Waals surface area contributed by atoms with Gasteiger partial charge in [0.2, 0.25) is 5.88 Å². The summed E-state index contributed by atoms with van der Waals surface area (Å²) >= 11 is 0. The molecule has 0 atom stereocenters. The second kappa shape index (κ2) is 3.83. The van der Waals surface area contributed by atoms with Crippen LogP contribution < -0.4 is 10.5 Å². The quantitative estimate of drug-likeness (QED) is 0.802. The predicted molar refractivity (Wildman–Crippen MR) is 51.7 cm³/mol. The van der Waals surface area contributed by atoms with Crippen LogP contribution in [-0.4, -0.2) is 5.16 Å². The van der Waals surface area contributed by atoms with Gasteiger partial charge in [-0.25, -0.2) is 0 Å². The molecular weight excluding hydrogens is 180 g/mol. The predicted octanol–water partition coefficient (Wildman–Crippen LogP) is 1.84. The zero-order valence-electron chi connectivity index (χ0n) is 7.51. The lowest BCUT2D eigenvalue weighted by Crippen LogP contribution is -1.96. The van der Waals surface area contributed by atoms with Gasteiger partial charge in [-0.15, -0.1) is 0 Å². The van der Waals surface area contributed by atoms with E-state index in [-0.39, 0.29) is 0 Å². The molecule has 0 radical (unpaired) electrons. The number of para-hydroxylation sites is 1. The highest BCUT2D eigenvalue weighted by Crippen LogP contribution is 2.14. The topological polar surface area (TPSA) is 61.3 Å². The molecule has 0 fully saturated rings. The summed E-state index contributed by atoms with van der Waals surface area (Å²) in [6.07, 6.45) is 1.55. The van der Waals surface area contributed by atoms with Crippen LogP contribution >= 0.6 is 0 Å². The first-order valence-corrected chi connectivity index (χ1v) is 4.23. The van der Waals surface area contributed by atoms with Crippen LogP contribution in [-0.2, 0) is 6.61 Å². The Bertz CT molecular complexity index is 398. The third-order valence-electron chi connectivity index (χ3n) is 1.81. The van der Waals surface area contributed by atoms with Gasteiger partial charge in [0.15, 0.2) is 0 Å². The number of nitrogens with two attached hydrogens (primary N) is 1. The molecule has 0 aliphatic rings. The highest BCUT2D eigenvalue weighted by Gasteiger charge is 2.03. The molecule has 2 aromatic rings. The molecule has 1 aromatic heterocycles. The lowest BCUT2D eigenvalue weighted by atomic mass is 10.3. The summed E-state index contributed by atoms with van der Waals surface area (Å²) < 4.78 is 10.2. The fourth-order valence-corrected chi connectivity index (χ4v) is 1.06. The van der Waals surface area contributed by atoms with E-state index in [1.54, 1.807) is 6.20 Å². The maximum Gasteiger partial charge on any atom is 0.228 e. The van der Waals surface area contributed by atoms with Crippen molar-refractivity contribution in [3.05, 3.63) is 42.1 Å². The van der Waals surface area contributed by atoms with Gasteiger partial charge >= 0.3 is 0 Å². The minimum atomic E-state index is 0.306. The van der Waals surface area contributed by atoms with E-state index < -0.39 is 0 Å². The Kier molecular flexibility index (Phi) is 2.36. The van der Waals surface area contributed by atoms with E-state index in [0.717, 1.165) is 11.3 Å². The fraction of sp³-hybridized carbons (Fsp3) is 0.100. The Labute approximate surface area is 81.3 Å². The highest BCUT2D eigenvalue weighted by molar-refractivity contribution is 5.33. The van der Waals surface area contributed by atoms with Gasteiger partial charge in [-0.1, -0.05) is 23.4 Å². The second-order valence-electron chi connectivity index (χ2n) is 2.82. The standard InChI is InChI=1S/C10H10N2O2/c11-10-8(6-12-14-10)7-13-9-4-2-1-3-5-9/h1-6H,7,11H2. The van der Waals surface area contributed by atoms with Gasteiger partial charge in [0.05, 0.1) is 11.8 Å². The minimum Gasteiger partial charge on any atom is -0.489 e. The Hall–Kier alpha value is -1.97. The van der Waals surface area contributed by atoms with Gasteiger partial charge in [0.1, 0.15) is 12.4 Å². The van der Waals surface area contributed by atoms with E-state index in [1.807, 2.05) is 30.3 Å². The molecule has 0 unspecified atom stereocenters. The molecule has 1 heterocycles. The van der Waals surface area contributed by atoms with E-state index in [0.29, 0.717) is 12.5 Å². The molecule has 14 heavy (non-hydrogen) atoms. The van der Waals surface area contributed by atoms with E-state index in [2.05, 4.69) is 5.16 Å². The molecule has 4 heteroatoms. The molecule has 4 nitrogen and oxygen atoms in total. The molecule has 2 N–H and O–H groups in total. The number of hydrogen-bond acceptors (Lipinski definition) is 4. The highest BCUT2D eigenvalue weighted by atomic mass is 16.5. The minimum absolute atomic E-state index is 0.306. The molecule has 0 bridgehead atoms. The number of anilines is 1. The molecule has 0 saturated heterocycles. The monoisotopic (exact) mass is 190 g/mol. The summed E-state index contributed by atoms with van der Waals surface area (Å²) in [6.45, 7) is 0.374. The zero-order valence-corrected chi connectivity index (χ0v) is 7.51. The van der Waals surface area contributed by atoms with Crippen LogP contribution in [0.25, 0.3) is 0 Å². The molecule has 0 aliphatic heterocycles. The molecule has 0 saturated carbocycles. The lowest BCUT2D eigenvalue weighted by Gasteiger charge is -2.03. The summed E-state index contributed by atoms with van der Waals surface area (Å²) in [5.41, 5.74) is 6.25. The van der Waals surface area contributed by atoms with Crippen LogP contribution in [0.4, 0.5) is 5.88 Å². The van der Waals surface area contributed by atoms with Gasteiger partial charge in [0, 0.05) is 0 Å². The molecule has 2 rings (SSSR count). The largest absolute Gasteiger partial charge is 0.489 e. The summed E-state index contributed by atoms with van der Waals surface area (Å²) in [7, 11) is 0. The van der Waals surface area contributed by atoms with Crippen molar-refractivity contribution in [3.8, 4) is 5.75 Å². The van der Waals surface area contributed by atoms with E-state index in [1.165, 1.54) is 0 Å². The van der Waals surface area contributed by atoms with Crippen LogP contribution in [0.5, 0.6) is 5.75 Å². The Morgan fingerprint density at radius 1 is 1.29 bits per heavy atom. The van der Waals surface area contributed by atoms with Crippen molar-refractivity contribution in [2.75, 3.05) is 5.73 Å². The van der Waals surface area contributed by atoms with Crippen molar-refractivity contribution >= 4 is 5.88 Å². The number of nitrogens with zero attached hydrogens (tertiary/aromatic N) is 1. The van der Waals surface area contributed by atoms with Crippen LogP contribution in [0, 0.1) is 0 Å². The number of rotatable bonds is 3. The summed E-state index contributed by atoms with van der Waals surface area (Å²) in [4.78, 5) is 0. The fourth-order valence-electron chi connectivity index (χ4n) is 1.06. The number of benzene rings is 1. The van der Waals surface area contributed by atoms with Crippen LogP contribution in [0.1, 0.15) is 5.56 Å². The van der Waals surface area contributed by atoms with Crippen molar-refractivity contribution in [1.82, 2.24) is 5.16 Å². The van der Waals surface area contributed by atoms with Gasteiger partial charge in [-0.05, 0) is 12.1 Å². The SMILES string of the molecule is Nc1oncc1COc1ccccc1. The summed E-state index contributed by atoms with van der Waals surface area (Å²) in [5.74, 6) is 1.11. The third-order valence-corrected chi connectivity index (χ3v) is 1.81. The van der Waals surface area contributed by atoms with Crippen LogP contribution in [0.2, 0.25) is 0 Å². The van der Waals surface area contributed by atoms with E-state index in [9.17, 15) is 0 Å². The smallest absolute Gasteiger partial charge is 0.228 e. The normalized spacial score (nSPS) is 10.0. The van der Waals surface area contributed by atoms with E-state index in [4.69, 9.17) is 15.0 Å². The Morgan fingerprint density at radius 2 is 2.07 bits per heavy atom. The first kappa shape index (κ1) is 8.62. The first-order chi connectivity index (χ1) is 6.86. The van der Waals surface area contributed by atoms with Crippen molar-refractivity contribution in [2.45, 2.75) is 6.61 Å². The van der Waals surface area contributed by atoms with Gasteiger partial charge in [0.25, 0.3) is 0 Å². The molecule has 0 aliphatic carbocycles. The number of ether oxygens (including phenoxy) is 1. The van der Waals surface area contributed by atoms with Gasteiger partial charge in [-0.3, -0.25) is 0 Å². The number of hydrogen-bond donors (Lipinski definition) is 1. The molecule has 1 aromatic carbocycles. The molecule has 0 spiro atoms. The average molecular weight is 190 g/mol. The summed E-state index contributed by atoms with van der Waals surface area (Å²) in [6, 6.07) is 9.51. The molecule has 72 valence electrons. The maximum absolute atomic E-state index is 5.50. The third kappa shape index (κ3) is 1.85. The lowest BCUT2D eigenvalue weighted by molar-refractivity contribution is 0.306.